The van der Waals surface area contributed by atoms with Crippen molar-refractivity contribution in [3.05, 3.63) is 0 Å². The van der Waals surface area contributed by atoms with Crippen LogP contribution in [0.1, 0.15) is 25.7 Å². The van der Waals surface area contributed by atoms with Gasteiger partial charge in [-0.1, -0.05) is 36.9 Å². The Kier molecular flexibility index (Phi) is 2.22. The Morgan fingerprint density at radius 3 is 2.14 bits per heavy atom. The topological polar surface area (TPSA) is 0 Å². The van der Waals surface area contributed by atoms with E-state index in [0.29, 0.717) is 0 Å². The zero-order valence-electron chi connectivity index (χ0n) is 5.11. The van der Waals surface area contributed by atoms with Gasteiger partial charge in [0.25, 0.3) is 0 Å². The minimum Gasteiger partial charge on any atom is -0.0985 e. The highest BCUT2D eigenvalue weighted by Gasteiger charge is 2.10. The molecular weight excluding hydrogens is 99.0 g/mol. The van der Waals surface area contributed by atoms with Gasteiger partial charge in [-0.3, -0.25) is 0 Å². The first-order chi connectivity index (χ1) is 3.43. The van der Waals surface area contributed by atoms with Crippen LogP contribution in [0.2, 0.25) is 5.28 Å². The molecule has 0 spiro atoms. The summed E-state index contributed by atoms with van der Waals surface area (Å²) in [6, 6.07) is 0. The Morgan fingerprint density at radius 2 is 1.86 bits per heavy atom. The molecule has 1 aliphatic carbocycles. The smallest absolute Gasteiger partial charge is 0.0985 e. The average Bonchev–Trinajstić information content (AvgIpc) is 2.14. The third-order valence-corrected chi connectivity index (χ3v) is 3.21. The van der Waals surface area contributed by atoms with Crippen molar-refractivity contribution in [2.75, 3.05) is 0 Å². The summed E-state index contributed by atoms with van der Waals surface area (Å²) in [5, 5.41) is 1.56. The fraction of sp³-hybridized carbons (Fsp3) is 1.00. The molecule has 0 N–H and O–H groups in total. The van der Waals surface area contributed by atoms with Crippen LogP contribution in [0.4, 0.5) is 0 Å². The number of hydrogen-bond acceptors (Lipinski definition) is 0. The highest BCUT2D eigenvalue weighted by atomic mass is 27.0. The fourth-order valence-corrected chi connectivity index (χ4v) is 2.24. The standard InChI is InChI=1S/C6H11.Al.2H/c1-6-4-2-3-5-6;;;/h6H,1-5H2;;;. The molecule has 1 saturated carbocycles. The van der Waals surface area contributed by atoms with E-state index in [1.54, 1.807) is 18.1 Å². The van der Waals surface area contributed by atoms with Crippen LogP contribution in [0.15, 0.2) is 0 Å². The predicted octanol–water partition coefficient (Wildman–Crippen LogP) is 1.23. The van der Waals surface area contributed by atoms with Crippen molar-refractivity contribution >= 4 is 16.3 Å². The van der Waals surface area contributed by atoms with E-state index in [9.17, 15) is 0 Å². The molecule has 0 nitrogen and oxygen atoms in total. The molecule has 40 valence electrons. The van der Waals surface area contributed by atoms with E-state index in [1.165, 1.54) is 29.1 Å². The maximum atomic E-state index is 1.56. The second-order valence-electron chi connectivity index (χ2n) is 2.56. The molecule has 0 bridgehead atoms. The Balaban J connectivity index is 2.14. The van der Waals surface area contributed by atoms with E-state index < -0.39 is 0 Å². The van der Waals surface area contributed by atoms with Crippen LogP contribution in [0.5, 0.6) is 0 Å². The molecule has 1 rings (SSSR count). The molecule has 1 heteroatoms. The van der Waals surface area contributed by atoms with Crippen molar-refractivity contribution in [1.82, 2.24) is 0 Å². The molecule has 0 saturated heterocycles. The largest absolute Gasteiger partial charge is 0.212 e. The Bertz CT molecular complexity index is 46.1. The van der Waals surface area contributed by atoms with Crippen molar-refractivity contribution in [2.45, 2.75) is 31.0 Å². The maximum absolute atomic E-state index is 1.56. The Hall–Kier alpha value is 0.532. The van der Waals surface area contributed by atoms with Gasteiger partial charge in [-0.2, -0.15) is 0 Å². The minimum atomic E-state index is 1.16. The first-order valence-electron chi connectivity index (χ1n) is 3.43. The third kappa shape index (κ3) is 1.48. The molecule has 0 aromatic carbocycles. The van der Waals surface area contributed by atoms with Crippen molar-refractivity contribution in [3.8, 4) is 0 Å². The van der Waals surface area contributed by atoms with Gasteiger partial charge in [-0.15, -0.1) is 0 Å². The molecular formula is C6H13Al. The summed E-state index contributed by atoms with van der Waals surface area (Å²) in [6.45, 7) is 0. The molecule has 0 atom stereocenters. The maximum Gasteiger partial charge on any atom is 0.212 e. The van der Waals surface area contributed by atoms with E-state index in [0.717, 1.165) is 5.92 Å². The highest BCUT2D eigenvalue weighted by Crippen LogP contribution is 2.26. The summed E-state index contributed by atoms with van der Waals surface area (Å²) in [5.41, 5.74) is 0. The molecule has 7 heavy (non-hydrogen) atoms. The van der Waals surface area contributed by atoms with Gasteiger partial charge in [-0.25, -0.2) is 0 Å². The zero-order valence-corrected chi connectivity index (χ0v) is 7.11. The molecule has 0 unspecified atom stereocenters. The van der Waals surface area contributed by atoms with Gasteiger partial charge in [0.15, 0.2) is 0 Å². The molecule has 0 amide bonds. The molecule has 0 radical (unpaired) electrons. The summed E-state index contributed by atoms with van der Waals surface area (Å²) in [5.74, 6) is 1.16. The molecule has 0 heterocycles. The van der Waals surface area contributed by atoms with Gasteiger partial charge in [0.1, 0.15) is 0 Å². The second-order valence-corrected chi connectivity index (χ2v) is 3.38. The Labute approximate surface area is 53.7 Å². The first-order valence-corrected chi connectivity index (χ1v) is 4.85. The molecule has 1 fully saturated rings. The summed E-state index contributed by atoms with van der Waals surface area (Å²) in [6.07, 6.45) is 6.13. The summed E-state index contributed by atoms with van der Waals surface area (Å²) < 4.78 is 0. The molecule has 1 aliphatic rings. The van der Waals surface area contributed by atoms with E-state index in [4.69, 9.17) is 0 Å². The van der Waals surface area contributed by atoms with Gasteiger partial charge in [0, 0.05) is 0 Å². The van der Waals surface area contributed by atoms with Gasteiger partial charge in [-0.05, 0) is 0 Å². The quantitative estimate of drug-likeness (QED) is 0.447. The molecule has 0 aromatic rings. The van der Waals surface area contributed by atoms with Crippen LogP contribution in [0, 0.1) is 5.92 Å². The van der Waals surface area contributed by atoms with E-state index in [-0.39, 0.29) is 0 Å². The second kappa shape index (κ2) is 2.75. The zero-order chi connectivity index (χ0) is 5.11. The van der Waals surface area contributed by atoms with Crippen LogP contribution in [-0.2, 0) is 0 Å². The third-order valence-electron chi connectivity index (χ3n) is 2.05. The van der Waals surface area contributed by atoms with Crippen LogP contribution in [0.25, 0.3) is 0 Å². The predicted molar refractivity (Wildman–Crippen MR) is 35.3 cm³/mol. The van der Waals surface area contributed by atoms with E-state index >= 15 is 0 Å². The molecule has 0 aliphatic heterocycles. The lowest BCUT2D eigenvalue weighted by atomic mass is 10.1. The fourth-order valence-electron chi connectivity index (χ4n) is 1.42. The van der Waals surface area contributed by atoms with Gasteiger partial charge < -0.3 is 0 Å². The summed E-state index contributed by atoms with van der Waals surface area (Å²) in [4.78, 5) is 0. The lowest BCUT2D eigenvalue weighted by Gasteiger charge is -1.99. The average molecular weight is 112 g/mol. The SMILES string of the molecule is [AlH2][CH2]C1CCCC1. The van der Waals surface area contributed by atoms with Crippen molar-refractivity contribution in [1.29, 1.82) is 0 Å². The number of hydrogen-bond donors (Lipinski definition) is 0. The Morgan fingerprint density at radius 1 is 1.29 bits per heavy atom. The van der Waals surface area contributed by atoms with Crippen molar-refractivity contribution in [2.24, 2.45) is 5.92 Å². The van der Waals surface area contributed by atoms with Crippen LogP contribution in [-0.4, -0.2) is 16.3 Å². The van der Waals surface area contributed by atoms with Crippen molar-refractivity contribution in [3.63, 3.8) is 0 Å². The lowest BCUT2D eigenvalue weighted by molar-refractivity contribution is 0.611. The van der Waals surface area contributed by atoms with Gasteiger partial charge in [0.05, 0.1) is 0 Å². The van der Waals surface area contributed by atoms with Crippen LogP contribution in [0.3, 0.4) is 0 Å². The number of rotatable bonds is 1. The minimum absolute atomic E-state index is 1.16. The highest BCUT2D eigenvalue weighted by molar-refractivity contribution is 6.08. The normalized spacial score (nSPS) is 23.4. The van der Waals surface area contributed by atoms with Crippen LogP contribution < -0.4 is 0 Å². The lowest BCUT2D eigenvalue weighted by Crippen LogP contribution is -1.88. The summed E-state index contributed by atoms with van der Waals surface area (Å²) in [7, 11) is 0. The monoisotopic (exact) mass is 112 g/mol. The van der Waals surface area contributed by atoms with Crippen LogP contribution >= 0.6 is 0 Å². The molecule has 0 aromatic heterocycles. The van der Waals surface area contributed by atoms with Crippen molar-refractivity contribution < 1.29 is 0 Å². The first kappa shape index (κ1) is 5.67. The summed E-state index contributed by atoms with van der Waals surface area (Å²) >= 11 is 1.43. The van der Waals surface area contributed by atoms with E-state index in [1.807, 2.05) is 0 Å². The van der Waals surface area contributed by atoms with Gasteiger partial charge in [0.2, 0.25) is 16.3 Å². The van der Waals surface area contributed by atoms with E-state index in [2.05, 4.69) is 0 Å². The van der Waals surface area contributed by atoms with Gasteiger partial charge >= 0.3 is 0 Å².